The number of rotatable bonds is 6. The first kappa shape index (κ1) is 22.1. The summed E-state index contributed by atoms with van der Waals surface area (Å²) in [5.74, 6) is 0.388. The van der Waals surface area contributed by atoms with E-state index in [0.717, 1.165) is 12.1 Å². The van der Waals surface area contributed by atoms with Gasteiger partial charge < -0.3 is 4.74 Å². The third-order valence-electron chi connectivity index (χ3n) is 4.29. The van der Waals surface area contributed by atoms with E-state index in [-0.39, 0.29) is 11.5 Å². The Kier molecular flexibility index (Phi) is 6.47. The van der Waals surface area contributed by atoms with Gasteiger partial charge >= 0.3 is 6.18 Å². The average Bonchev–Trinajstić information content (AvgIpc) is 2.77. The molecule has 158 valence electrons. The maximum absolute atomic E-state index is 12.8. The third-order valence-corrected chi connectivity index (χ3v) is 5.97. The molecule has 3 aromatic rings. The van der Waals surface area contributed by atoms with Crippen LogP contribution >= 0.6 is 0 Å². The van der Waals surface area contributed by atoms with Crippen LogP contribution in [0.2, 0.25) is 0 Å². The molecular formula is C23H16F3NO3S. The molecule has 3 rings (SSSR count). The normalized spacial score (nSPS) is 12.3. The van der Waals surface area contributed by atoms with Crippen molar-refractivity contribution in [3.8, 4) is 11.8 Å². The zero-order valence-corrected chi connectivity index (χ0v) is 16.8. The molecule has 0 spiro atoms. The minimum absolute atomic E-state index is 0.0174. The highest BCUT2D eigenvalue weighted by Gasteiger charge is 2.30. The van der Waals surface area contributed by atoms with E-state index in [9.17, 15) is 26.9 Å². The maximum atomic E-state index is 12.8. The number of sulfone groups is 1. The predicted molar refractivity (Wildman–Crippen MR) is 109 cm³/mol. The van der Waals surface area contributed by atoms with Crippen molar-refractivity contribution in [2.75, 3.05) is 0 Å². The van der Waals surface area contributed by atoms with E-state index < -0.39 is 26.5 Å². The number of allylic oxidation sites excluding steroid dienone is 1. The number of nitriles is 1. The van der Waals surface area contributed by atoms with Gasteiger partial charge in [0.2, 0.25) is 9.84 Å². The number of hydrogen-bond acceptors (Lipinski definition) is 4. The minimum atomic E-state index is -4.43. The second-order valence-electron chi connectivity index (χ2n) is 6.49. The maximum Gasteiger partial charge on any atom is 0.416 e. The van der Waals surface area contributed by atoms with Crippen LogP contribution in [0.3, 0.4) is 0 Å². The van der Waals surface area contributed by atoms with E-state index in [1.165, 1.54) is 30.3 Å². The van der Waals surface area contributed by atoms with E-state index in [2.05, 4.69) is 0 Å². The molecule has 3 aromatic carbocycles. The molecule has 0 aliphatic carbocycles. The number of ether oxygens (including phenoxy) is 1. The lowest BCUT2D eigenvalue weighted by atomic mass is 10.1. The summed E-state index contributed by atoms with van der Waals surface area (Å²) >= 11 is 0. The van der Waals surface area contributed by atoms with Crippen molar-refractivity contribution < 1.29 is 26.3 Å². The van der Waals surface area contributed by atoms with Gasteiger partial charge in [-0.3, -0.25) is 0 Å². The summed E-state index contributed by atoms with van der Waals surface area (Å²) in [7, 11) is -3.95. The quantitative estimate of drug-likeness (QED) is 0.464. The van der Waals surface area contributed by atoms with Crippen LogP contribution in [-0.4, -0.2) is 8.42 Å². The summed E-state index contributed by atoms with van der Waals surface area (Å²) in [6.45, 7) is -0.0645. The molecule has 4 nitrogen and oxygen atoms in total. The summed E-state index contributed by atoms with van der Waals surface area (Å²) in [5, 5.41) is 9.33. The second kappa shape index (κ2) is 9.06. The van der Waals surface area contributed by atoms with Crippen molar-refractivity contribution >= 4 is 15.9 Å². The van der Waals surface area contributed by atoms with Crippen molar-refractivity contribution in [1.29, 1.82) is 5.26 Å². The molecule has 0 atom stereocenters. The zero-order valence-electron chi connectivity index (χ0n) is 16.0. The van der Waals surface area contributed by atoms with Crippen LogP contribution in [0.5, 0.6) is 5.75 Å². The van der Waals surface area contributed by atoms with Crippen molar-refractivity contribution in [1.82, 2.24) is 0 Å². The van der Waals surface area contributed by atoms with Gasteiger partial charge in [0, 0.05) is 0 Å². The molecule has 0 radical (unpaired) electrons. The standard InChI is InChI=1S/C23H16F3NO3S/c24-23(25,26)19-6-4-5-18(13-19)16-30-20-11-9-17(10-12-20)14-22(15-27)31(28,29)21-7-2-1-3-8-21/h1-14H,16H2. The Morgan fingerprint density at radius 2 is 1.65 bits per heavy atom. The van der Waals surface area contributed by atoms with Gasteiger partial charge in [0.15, 0.2) is 0 Å². The molecule has 0 aliphatic rings. The molecule has 0 fully saturated rings. The van der Waals surface area contributed by atoms with E-state index in [1.54, 1.807) is 48.5 Å². The molecule has 0 amide bonds. The first-order valence-corrected chi connectivity index (χ1v) is 10.5. The van der Waals surface area contributed by atoms with Crippen molar-refractivity contribution in [2.45, 2.75) is 17.7 Å². The van der Waals surface area contributed by atoms with E-state index >= 15 is 0 Å². The smallest absolute Gasteiger partial charge is 0.416 e. The summed E-state index contributed by atoms with van der Waals surface area (Å²) in [6, 6.07) is 20.4. The highest BCUT2D eigenvalue weighted by atomic mass is 32.2. The predicted octanol–water partition coefficient (Wildman–Crippen LogP) is 5.62. The van der Waals surface area contributed by atoms with Gasteiger partial charge in [-0.15, -0.1) is 0 Å². The van der Waals surface area contributed by atoms with E-state index in [0.29, 0.717) is 16.9 Å². The van der Waals surface area contributed by atoms with Gasteiger partial charge in [0.1, 0.15) is 23.3 Å². The number of nitrogens with zero attached hydrogens (tertiary/aromatic N) is 1. The number of alkyl halides is 3. The van der Waals surface area contributed by atoms with Crippen molar-refractivity contribution in [2.24, 2.45) is 0 Å². The Balaban J connectivity index is 1.74. The average molecular weight is 443 g/mol. The van der Waals surface area contributed by atoms with Crippen LogP contribution in [0, 0.1) is 11.3 Å². The Morgan fingerprint density at radius 3 is 2.26 bits per heavy atom. The zero-order chi connectivity index (χ0) is 22.5. The van der Waals surface area contributed by atoms with Crippen molar-refractivity contribution in [3.63, 3.8) is 0 Å². The van der Waals surface area contributed by atoms with E-state index in [1.807, 2.05) is 0 Å². The summed E-state index contributed by atoms with van der Waals surface area (Å²) in [5.41, 5.74) is 0.0692. The molecule has 0 saturated heterocycles. The lowest BCUT2D eigenvalue weighted by Crippen LogP contribution is -2.06. The molecule has 0 unspecified atom stereocenters. The highest BCUT2D eigenvalue weighted by Crippen LogP contribution is 2.30. The fourth-order valence-electron chi connectivity index (χ4n) is 2.71. The van der Waals surface area contributed by atoms with Crippen LogP contribution in [-0.2, 0) is 22.6 Å². The third kappa shape index (κ3) is 5.53. The SMILES string of the molecule is N#CC(=Cc1ccc(OCc2cccc(C(F)(F)F)c2)cc1)S(=O)(=O)c1ccccc1. The van der Waals surface area contributed by atoms with Gasteiger partial charge in [-0.05, 0) is 53.6 Å². The Morgan fingerprint density at radius 1 is 0.968 bits per heavy atom. The Labute approximate surface area is 177 Å². The van der Waals surface area contributed by atoms with Gasteiger partial charge in [-0.1, -0.05) is 42.5 Å². The number of halogens is 3. The Bertz CT molecular complexity index is 1230. The Hall–Kier alpha value is -3.57. The second-order valence-corrected chi connectivity index (χ2v) is 8.41. The van der Waals surface area contributed by atoms with Gasteiger partial charge in [0.05, 0.1) is 10.5 Å². The molecule has 8 heteroatoms. The van der Waals surface area contributed by atoms with Crippen LogP contribution in [0.15, 0.2) is 88.7 Å². The van der Waals surface area contributed by atoms with Crippen molar-refractivity contribution in [3.05, 3.63) is 100 Å². The number of benzene rings is 3. The lowest BCUT2D eigenvalue weighted by molar-refractivity contribution is -0.137. The van der Waals surface area contributed by atoms with Crippen LogP contribution in [0.4, 0.5) is 13.2 Å². The molecular weight excluding hydrogens is 427 g/mol. The first-order valence-electron chi connectivity index (χ1n) is 9.01. The number of hydrogen-bond donors (Lipinski definition) is 0. The van der Waals surface area contributed by atoms with Gasteiger partial charge in [-0.2, -0.15) is 18.4 Å². The van der Waals surface area contributed by atoms with E-state index in [4.69, 9.17) is 4.74 Å². The largest absolute Gasteiger partial charge is 0.489 e. The van der Waals surface area contributed by atoms with Crippen LogP contribution < -0.4 is 4.74 Å². The van der Waals surface area contributed by atoms with Crippen LogP contribution in [0.1, 0.15) is 16.7 Å². The topological polar surface area (TPSA) is 67.2 Å². The monoisotopic (exact) mass is 443 g/mol. The summed E-state index contributed by atoms with van der Waals surface area (Å²) in [4.78, 5) is -0.389. The molecule has 0 N–H and O–H groups in total. The van der Waals surface area contributed by atoms with Crippen LogP contribution in [0.25, 0.3) is 6.08 Å². The highest BCUT2D eigenvalue weighted by molar-refractivity contribution is 7.95. The molecule has 31 heavy (non-hydrogen) atoms. The molecule has 0 heterocycles. The first-order chi connectivity index (χ1) is 14.7. The molecule has 0 bridgehead atoms. The molecule has 0 saturated carbocycles. The minimum Gasteiger partial charge on any atom is -0.489 e. The molecule has 0 aliphatic heterocycles. The van der Waals surface area contributed by atoms with Gasteiger partial charge in [0.25, 0.3) is 0 Å². The lowest BCUT2D eigenvalue weighted by Gasteiger charge is -2.10. The summed E-state index contributed by atoms with van der Waals surface area (Å²) in [6.07, 6.45) is -3.18. The summed E-state index contributed by atoms with van der Waals surface area (Å²) < 4.78 is 69.1. The fraction of sp³-hybridized carbons (Fsp3) is 0.0870. The fourth-order valence-corrected chi connectivity index (χ4v) is 3.89. The van der Waals surface area contributed by atoms with Gasteiger partial charge in [-0.25, -0.2) is 8.42 Å². The molecule has 0 aromatic heterocycles.